The fourth-order valence-corrected chi connectivity index (χ4v) is 3.43. The van der Waals surface area contributed by atoms with Crippen LogP contribution in [0.25, 0.3) is 6.08 Å². The maximum atomic E-state index is 13.7. The van der Waals surface area contributed by atoms with Crippen molar-refractivity contribution in [2.75, 3.05) is 27.7 Å². The van der Waals surface area contributed by atoms with Crippen LogP contribution in [0, 0.1) is 11.7 Å². The predicted octanol–water partition coefficient (Wildman–Crippen LogP) is 4.41. The molecule has 0 spiro atoms. The first-order valence-electron chi connectivity index (χ1n) is 9.19. The zero-order chi connectivity index (χ0) is 20.0. The topological polar surface area (TPSA) is 32.7 Å². The van der Waals surface area contributed by atoms with Crippen molar-refractivity contribution in [1.82, 2.24) is 4.90 Å². The molecule has 146 valence electrons. The Morgan fingerprint density at radius 1 is 1.22 bits per heavy atom. The van der Waals surface area contributed by atoms with Gasteiger partial charge in [-0.25, -0.2) is 4.39 Å². The van der Waals surface area contributed by atoms with Crippen molar-refractivity contribution in [2.24, 2.45) is 5.92 Å². The normalized spacial score (nSPS) is 15.5. The van der Waals surface area contributed by atoms with Gasteiger partial charge in [-0.15, -0.1) is 0 Å². The van der Waals surface area contributed by atoms with E-state index in [0.717, 1.165) is 29.0 Å². The summed E-state index contributed by atoms with van der Waals surface area (Å²) in [7, 11) is 5.61. The second-order valence-electron chi connectivity index (χ2n) is 7.49. The highest BCUT2D eigenvalue weighted by molar-refractivity contribution is 5.56. The van der Waals surface area contributed by atoms with E-state index in [0.29, 0.717) is 6.42 Å². The van der Waals surface area contributed by atoms with Crippen molar-refractivity contribution >= 4 is 6.08 Å². The summed E-state index contributed by atoms with van der Waals surface area (Å²) < 4.78 is 18.9. The van der Waals surface area contributed by atoms with E-state index < -0.39 is 5.60 Å². The van der Waals surface area contributed by atoms with Crippen molar-refractivity contribution in [3.63, 3.8) is 0 Å². The molecular formula is C23H30FNO2. The Morgan fingerprint density at radius 2 is 1.89 bits per heavy atom. The van der Waals surface area contributed by atoms with Gasteiger partial charge in [-0.2, -0.15) is 0 Å². The van der Waals surface area contributed by atoms with Gasteiger partial charge in [0, 0.05) is 18.9 Å². The molecule has 2 rings (SSSR count). The number of halogens is 1. The molecule has 0 radical (unpaired) electrons. The molecular weight excluding hydrogens is 341 g/mol. The van der Waals surface area contributed by atoms with E-state index in [9.17, 15) is 9.50 Å². The van der Waals surface area contributed by atoms with Gasteiger partial charge in [0.1, 0.15) is 11.6 Å². The summed E-state index contributed by atoms with van der Waals surface area (Å²) in [5, 5.41) is 11.7. The molecule has 0 fully saturated rings. The van der Waals surface area contributed by atoms with Crippen molar-refractivity contribution < 1.29 is 14.2 Å². The van der Waals surface area contributed by atoms with E-state index in [2.05, 4.69) is 4.90 Å². The Balaban J connectivity index is 2.38. The number of benzene rings is 2. The van der Waals surface area contributed by atoms with Gasteiger partial charge in [0.2, 0.25) is 0 Å². The van der Waals surface area contributed by atoms with E-state index in [1.807, 2.05) is 64.4 Å². The van der Waals surface area contributed by atoms with Crippen LogP contribution in [0.2, 0.25) is 0 Å². The van der Waals surface area contributed by atoms with E-state index in [1.54, 1.807) is 13.2 Å². The minimum atomic E-state index is -1.09. The number of aliphatic hydroxyl groups is 1. The third-order valence-corrected chi connectivity index (χ3v) is 5.00. The zero-order valence-electron chi connectivity index (χ0n) is 16.9. The van der Waals surface area contributed by atoms with Gasteiger partial charge in [-0.3, -0.25) is 0 Å². The Labute approximate surface area is 162 Å². The molecule has 2 aromatic carbocycles. The first kappa shape index (κ1) is 21.1. The van der Waals surface area contributed by atoms with Crippen LogP contribution < -0.4 is 4.74 Å². The summed E-state index contributed by atoms with van der Waals surface area (Å²) in [6.07, 6.45) is 2.35. The maximum absolute atomic E-state index is 13.7. The molecule has 4 heteroatoms. The molecule has 0 aliphatic heterocycles. The number of ether oxygens (including phenoxy) is 1. The minimum Gasteiger partial charge on any atom is -0.497 e. The second kappa shape index (κ2) is 9.16. The summed E-state index contributed by atoms with van der Waals surface area (Å²) in [5.74, 6) is 0.470. The molecule has 2 unspecified atom stereocenters. The summed E-state index contributed by atoms with van der Waals surface area (Å²) >= 11 is 0. The fourth-order valence-electron chi connectivity index (χ4n) is 3.43. The lowest BCUT2D eigenvalue weighted by atomic mass is 9.77. The third-order valence-electron chi connectivity index (χ3n) is 5.00. The van der Waals surface area contributed by atoms with Gasteiger partial charge >= 0.3 is 0 Å². The van der Waals surface area contributed by atoms with Crippen LogP contribution in [-0.2, 0) is 6.42 Å². The van der Waals surface area contributed by atoms with Crippen LogP contribution in [0.3, 0.4) is 0 Å². The van der Waals surface area contributed by atoms with Crippen LogP contribution >= 0.6 is 0 Å². The van der Waals surface area contributed by atoms with Crippen LogP contribution in [0.5, 0.6) is 5.75 Å². The Bertz CT molecular complexity index is 770. The molecule has 0 bridgehead atoms. The lowest BCUT2D eigenvalue weighted by molar-refractivity contribution is 0.0149. The summed E-state index contributed by atoms with van der Waals surface area (Å²) in [6.45, 7) is 4.69. The molecule has 1 N–H and O–H groups in total. The highest BCUT2D eigenvalue weighted by Gasteiger charge is 2.36. The lowest BCUT2D eigenvalue weighted by Crippen LogP contribution is -2.44. The zero-order valence-corrected chi connectivity index (χ0v) is 16.9. The van der Waals surface area contributed by atoms with Crippen molar-refractivity contribution in [1.29, 1.82) is 0 Å². The van der Waals surface area contributed by atoms with Crippen molar-refractivity contribution in [3.8, 4) is 5.75 Å². The molecule has 0 saturated heterocycles. The molecule has 0 saturated carbocycles. The van der Waals surface area contributed by atoms with Gasteiger partial charge in [-0.05, 0) is 62.0 Å². The van der Waals surface area contributed by atoms with E-state index in [1.165, 1.54) is 12.1 Å². The standard InChI is InChI=1S/C23H30FNO2/c1-17(13-19-9-11-22(27-5)12-10-19)23(26,18(2)16-25(3)4)15-20-7-6-8-21(24)14-20/h6-14,18,26H,15-16H2,1-5H3. The molecule has 0 amide bonds. The fraction of sp³-hybridized carbons (Fsp3) is 0.391. The van der Waals surface area contributed by atoms with Crippen LogP contribution in [0.1, 0.15) is 25.0 Å². The molecule has 2 aromatic rings. The number of rotatable bonds is 8. The molecule has 2 atom stereocenters. The molecule has 0 aromatic heterocycles. The number of nitrogens with zero attached hydrogens (tertiary/aromatic N) is 1. The van der Waals surface area contributed by atoms with Crippen molar-refractivity contribution in [2.45, 2.75) is 25.9 Å². The van der Waals surface area contributed by atoms with E-state index in [-0.39, 0.29) is 11.7 Å². The molecule has 3 nitrogen and oxygen atoms in total. The molecule has 0 aliphatic rings. The summed E-state index contributed by atoms with van der Waals surface area (Å²) in [5.41, 5.74) is 1.54. The minimum absolute atomic E-state index is 0.0368. The number of hydrogen-bond donors (Lipinski definition) is 1. The van der Waals surface area contributed by atoms with Crippen LogP contribution in [0.15, 0.2) is 54.1 Å². The smallest absolute Gasteiger partial charge is 0.123 e. The quantitative estimate of drug-likeness (QED) is 0.746. The average Bonchev–Trinajstić information content (AvgIpc) is 2.61. The maximum Gasteiger partial charge on any atom is 0.123 e. The average molecular weight is 371 g/mol. The predicted molar refractivity (Wildman–Crippen MR) is 109 cm³/mol. The van der Waals surface area contributed by atoms with E-state index in [4.69, 9.17) is 4.74 Å². The van der Waals surface area contributed by atoms with Gasteiger partial charge in [0.15, 0.2) is 0 Å². The second-order valence-corrected chi connectivity index (χ2v) is 7.49. The third kappa shape index (κ3) is 5.65. The van der Waals surface area contributed by atoms with Gasteiger partial charge in [0.05, 0.1) is 12.7 Å². The van der Waals surface area contributed by atoms with Gasteiger partial charge in [0.25, 0.3) is 0 Å². The molecule has 27 heavy (non-hydrogen) atoms. The highest BCUT2D eigenvalue weighted by atomic mass is 19.1. The number of hydrogen-bond acceptors (Lipinski definition) is 3. The lowest BCUT2D eigenvalue weighted by Gasteiger charge is -2.37. The first-order chi connectivity index (χ1) is 12.7. The van der Waals surface area contributed by atoms with E-state index >= 15 is 0 Å². The summed E-state index contributed by atoms with van der Waals surface area (Å²) in [6, 6.07) is 14.2. The largest absolute Gasteiger partial charge is 0.497 e. The van der Waals surface area contributed by atoms with Crippen molar-refractivity contribution in [3.05, 3.63) is 71.0 Å². The Kier molecular flexibility index (Phi) is 7.17. The highest BCUT2D eigenvalue weighted by Crippen LogP contribution is 2.32. The molecule has 0 heterocycles. The molecule has 0 aliphatic carbocycles. The Morgan fingerprint density at radius 3 is 2.44 bits per heavy atom. The van der Waals surface area contributed by atoms with Crippen LogP contribution in [-0.4, -0.2) is 43.4 Å². The monoisotopic (exact) mass is 371 g/mol. The SMILES string of the molecule is COc1ccc(C=C(C)C(O)(Cc2cccc(F)c2)C(C)CN(C)C)cc1. The number of methoxy groups -OCH3 is 1. The summed E-state index contributed by atoms with van der Waals surface area (Å²) in [4.78, 5) is 2.06. The van der Waals surface area contributed by atoms with Crippen LogP contribution in [0.4, 0.5) is 4.39 Å². The van der Waals surface area contributed by atoms with Gasteiger partial charge < -0.3 is 14.7 Å². The first-order valence-corrected chi connectivity index (χ1v) is 9.19. The Hall–Kier alpha value is -2.17. The van der Waals surface area contributed by atoms with Gasteiger partial charge in [-0.1, -0.05) is 37.3 Å².